The summed E-state index contributed by atoms with van der Waals surface area (Å²) in [5.74, 6) is 1.88. The summed E-state index contributed by atoms with van der Waals surface area (Å²) >= 11 is 0. The number of ether oxygens (including phenoxy) is 1. The van der Waals surface area contributed by atoms with Gasteiger partial charge in [-0.25, -0.2) is 4.98 Å². The number of imidazole rings is 1. The van der Waals surface area contributed by atoms with Gasteiger partial charge in [0.05, 0.1) is 23.6 Å². The van der Waals surface area contributed by atoms with Crippen LogP contribution in [0.2, 0.25) is 0 Å². The Kier molecular flexibility index (Phi) is 2.48. The minimum absolute atomic E-state index is 0.0277. The molecule has 0 radical (unpaired) electrons. The molecule has 4 rings (SSSR count). The zero-order valence-electron chi connectivity index (χ0n) is 11.9. The lowest BCUT2D eigenvalue weighted by molar-refractivity contribution is 0.415. The third-order valence-corrected chi connectivity index (χ3v) is 4.36. The van der Waals surface area contributed by atoms with E-state index in [1.165, 1.54) is 5.56 Å². The van der Waals surface area contributed by atoms with Crippen molar-refractivity contribution in [3.05, 3.63) is 53.9 Å². The van der Waals surface area contributed by atoms with Gasteiger partial charge in [-0.3, -0.25) is 0 Å². The highest BCUT2D eigenvalue weighted by Gasteiger charge is 2.48. The van der Waals surface area contributed by atoms with E-state index in [2.05, 4.69) is 17.1 Å². The third-order valence-electron chi connectivity index (χ3n) is 4.36. The molecule has 3 aromatic rings. The van der Waals surface area contributed by atoms with Crippen LogP contribution >= 0.6 is 0 Å². The molecule has 0 spiro atoms. The number of aromatic amines is 1. The zero-order chi connectivity index (χ0) is 14.4. The van der Waals surface area contributed by atoms with Gasteiger partial charge in [0, 0.05) is 11.8 Å². The van der Waals surface area contributed by atoms with E-state index in [0.717, 1.165) is 41.1 Å². The summed E-state index contributed by atoms with van der Waals surface area (Å²) < 4.78 is 5.27. The van der Waals surface area contributed by atoms with E-state index in [-0.39, 0.29) is 5.41 Å². The third kappa shape index (κ3) is 1.87. The van der Waals surface area contributed by atoms with Crippen LogP contribution in [0.3, 0.4) is 0 Å². The highest BCUT2D eigenvalue weighted by atomic mass is 16.5. The Bertz CT molecular complexity index is 801. The van der Waals surface area contributed by atoms with Crippen molar-refractivity contribution < 1.29 is 4.74 Å². The quantitative estimate of drug-likeness (QED) is 0.723. The topological polar surface area (TPSA) is 63.9 Å². The lowest BCUT2D eigenvalue weighted by atomic mass is 9.95. The first-order valence-corrected chi connectivity index (χ1v) is 7.11. The number of methoxy groups -OCH3 is 1. The van der Waals surface area contributed by atoms with Crippen LogP contribution in [-0.4, -0.2) is 17.1 Å². The molecule has 1 saturated carbocycles. The maximum Gasteiger partial charge on any atom is 0.121 e. The Labute approximate surface area is 123 Å². The van der Waals surface area contributed by atoms with Crippen molar-refractivity contribution in [3.63, 3.8) is 0 Å². The number of aromatic nitrogens is 2. The molecule has 1 aromatic heterocycles. The van der Waals surface area contributed by atoms with E-state index in [9.17, 15) is 0 Å². The molecule has 3 N–H and O–H groups in total. The second-order valence-corrected chi connectivity index (χ2v) is 5.67. The van der Waals surface area contributed by atoms with Crippen LogP contribution in [0.4, 0.5) is 5.69 Å². The minimum Gasteiger partial charge on any atom is -0.497 e. The highest BCUT2D eigenvalue weighted by Crippen LogP contribution is 2.52. The largest absolute Gasteiger partial charge is 0.497 e. The van der Waals surface area contributed by atoms with Crippen molar-refractivity contribution in [1.82, 2.24) is 9.97 Å². The summed E-state index contributed by atoms with van der Waals surface area (Å²) in [6.07, 6.45) is 2.24. The molecular weight excluding hydrogens is 262 g/mol. The lowest BCUT2D eigenvalue weighted by Crippen LogP contribution is -2.10. The van der Waals surface area contributed by atoms with E-state index < -0.39 is 0 Å². The monoisotopic (exact) mass is 279 g/mol. The van der Waals surface area contributed by atoms with Gasteiger partial charge in [0.15, 0.2) is 0 Å². The molecule has 0 atom stereocenters. The van der Waals surface area contributed by atoms with Gasteiger partial charge in [-0.2, -0.15) is 0 Å². The number of H-pyrrole nitrogens is 1. The SMILES string of the molecule is COc1ccc2nc(C3(c4ccc(N)cc4)CC3)[nH]c2c1. The predicted octanol–water partition coefficient (Wildman–Crippen LogP) is 3.23. The number of rotatable bonds is 3. The van der Waals surface area contributed by atoms with Gasteiger partial charge in [0.25, 0.3) is 0 Å². The van der Waals surface area contributed by atoms with Crippen molar-refractivity contribution in [3.8, 4) is 5.75 Å². The number of hydrogen-bond donors (Lipinski definition) is 2. The second-order valence-electron chi connectivity index (χ2n) is 5.67. The van der Waals surface area contributed by atoms with E-state index >= 15 is 0 Å². The van der Waals surface area contributed by atoms with Crippen LogP contribution < -0.4 is 10.5 Å². The fourth-order valence-electron chi connectivity index (χ4n) is 2.93. The molecule has 1 aliphatic rings. The Morgan fingerprint density at radius 3 is 2.57 bits per heavy atom. The van der Waals surface area contributed by atoms with E-state index in [1.807, 2.05) is 30.3 Å². The normalized spacial score (nSPS) is 16.0. The Hall–Kier alpha value is -2.49. The molecule has 21 heavy (non-hydrogen) atoms. The number of nitrogens with one attached hydrogen (secondary N) is 1. The van der Waals surface area contributed by atoms with Crippen molar-refractivity contribution in [2.24, 2.45) is 0 Å². The minimum atomic E-state index is 0.0277. The number of fused-ring (bicyclic) bond motifs is 1. The highest BCUT2D eigenvalue weighted by molar-refractivity contribution is 5.77. The standard InChI is InChI=1S/C17H17N3O/c1-21-13-6-7-14-15(10-13)20-16(19-14)17(8-9-17)11-2-4-12(18)5-3-11/h2-7,10H,8-9,18H2,1H3,(H,19,20). The Balaban J connectivity index is 1.80. The molecule has 1 aliphatic carbocycles. The molecule has 2 aromatic carbocycles. The average Bonchev–Trinajstić information content (AvgIpc) is 3.20. The molecule has 0 unspecified atom stereocenters. The van der Waals surface area contributed by atoms with Gasteiger partial charge < -0.3 is 15.5 Å². The van der Waals surface area contributed by atoms with Gasteiger partial charge in [-0.1, -0.05) is 12.1 Å². The maximum atomic E-state index is 5.78. The van der Waals surface area contributed by atoms with Gasteiger partial charge in [-0.15, -0.1) is 0 Å². The van der Waals surface area contributed by atoms with Crippen molar-refractivity contribution in [1.29, 1.82) is 0 Å². The van der Waals surface area contributed by atoms with Crippen LogP contribution in [0.1, 0.15) is 24.2 Å². The fourth-order valence-corrected chi connectivity index (χ4v) is 2.93. The first kappa shape index (κ1) is 12.3. The van der Waals surface area contributed by atoms with E-state index in [1.54, 1.807) is 7.11 Å². The predicted molar refractivity (Wildman–Crippen MR) is 83.5 cm³/mol. The van der Waals surface area contributed by atoms with Crippen molar-refractivity contribution in [2.45, 2.75) is 18.3 Å². The van der Waals surface area contributed by atoms with E-state index in [0.29, 0.717) is 0 Å². The summed E-state index contributed by atoms with van der Waals surface area (Å²) in [6, 6.07) is 14.1. The molecule has 1 heterocycles. The first-order chi connectivity index (χ1) is 10.2. The van der Waals surface area contributed by atoms with Crippen LogP contribution in [0, 0.1) is 0 Å². The van der Waals surface area contributed by atoms with Gasteiger partial charge in [0.1, 0.15) is 11.6 Å². The van der Waals surface area contributed by atoms with Gasteiger partial charge >= 0.3 is 0 Å². The van der Waals surface area contributed by atoms with Crippen LogP contribution in [0.5, 0.6) is 5.75 Å². The Morgan fingerprint density at radius 2 is 1.90 bits per heavy atom. The number of nitrogen functional groups attached to an aromatic ring is 1. The number of nitrogens with zero attached hydrogens (tertiary/aromatic N) is 1. The van der Waals surface area contributed by atoms with Crippen LogP contribution in [0.15, 0.2) is 42.5 Å². The molecule has 1 fully saturated rings. The molecule has 0 amide bonds. The fraction of sp³-hybridized carbons (Fsp3) is 0.235. The summed E-state index contributed by atoms with van der Waals surface area (Å²) in [7, 11) is 1.68. The molecule has 4 nitrogen and oxygen atoms in total. The summed E-state index contributed by atoms with van der Waals surface area (Å²) in [6.45, 7) is 0. The van der Waals surface area contributed by atoms with Gasteiger partial charge in [0.2, 0.25) is 0 Å². The summed E-state index contributed by atoms with van der Waals surface area (Å²) in [4.78, 5) is 8.24. The summed E-state index contributed by atoms with van der Waals surface area (Å²) in [5, 5.41) is 0. The van der Waals surface area contributed by atoms with Crippen molar-refractivity contribution in [2.75, 3.05) is 12.8 Å². The lowest BCUT2D eigenvalue weighted by Gasteiger charge is -2.12. The smallest absolute Gasteiger partial charge is 0.121 e. The number of nitrogens with two attached hydrogens (primary N) is 1. The molecule has 0 saturated heterocycles. The zero-order valence-corrected chi connectivity index (χ0v) is 11.9. The van der Waals surface area contributed by atoms with Crippen molar-refractivity contribution >= 4 is 16.7 Å². The average molecular weight is 279 g/mol. The van der Waals surface area contributed by atoms with Gasteiger partial charge in [-0.05, 0) is 42.7 Å². The Morgan fingerprint density at radius 1 is 1.14 bits per heavy atom. The maximum absolute atomic E-state index is 5.78. The number of benzene rings is 2. The number of anilines is 1. The molecule has 0 aliphatic heterocycles. The first-order valence-electron chi connectivity index (χ1n) is 7.11. The number of hydrogen-bond acceptors (Lipinski definition) is 3. The van der Waals surface area contributed by atoms with Crippen LogP contribution in [-0.2, 0) is 5.41 Å². The summed E-state index contributed by atoms with van der Waals surface area (Å²) in [5.41, 5.74) is 9.89. The molecule has 106 valence electrons. The molecular formula is C17H17N3O. The van der Waals surface area contributed by atoms with Crippen LogP contribution in [0.25, 0.3) is 11.0 Å². The second kappa shape index (κ2) is 4.25. The van der Waals surface area contributed by atoms with E-state index in [4.69, 9.17) is 15.5 Å². The molecule has 4 heteroatoms. The molecule has 0 bridgehead atoms.